The molecule has 1 aromatic heterocycles. The van der Waals surface area contributed by atoms with Gasteiger partial charge in [0.15, 0.2) is 0 Å². The summed E-state index contributed by atoms with van der Waals surface area (Å²) in [5.41, 5.74) is 5.23. The molecule has 0 bridgehead atoms. The van der Waals surface area contributed by atoms with Gasteiger partial charge in [-0.25, -0.2) is 9.78 Å². The summed E-state index contributed by atoms with van der Waals surface area (Å²) in [7, 11) is 1.53. The number of fused-ring (bicyclic) bond motifs is 3. The molecule has 3 aromatic carbocycles. The minimum atomic E-state index is -0.532. The third kappa shape index (κ3) is 6.73. The highest BCUT2D eigenvalue weighted by Crippen LogP contribution is 2.42. The number of amides is 1. The number of pyridine rings is 1. The molecular formula is C35H38N4O7. The van der Waals surface area contributed by atoms with Gasteiger partial charge in [-0.1, -0.05) is 35.9 Å². The fourth-order valence-corrected chi connectivity index (χ4v) is 5.93. The molecule has 1 aliphatic rings. The van der Waals surface area contributed by atoms with Gasteiger partial charge in [0.05, 0.1) is 28.8 Å². The number of benzene rings is 3. The Morgan fingerprint density at radius 1 is 1.11 bits per heavy atom. The van der Waals surface area contributed by atoms with E-state index in [0.717, 1.165) is 41.3 Å². The van der Waals surface area contributed by atoms with E-state index < -0.39 is 5.97 Å². The number of rotatable bonds is 14. The van der Waals surface area contributed by atoms with Gasteiger partial charge in [-0.15, -0.1) is 0 Å². The first-order valence-corrected chi connectivity index (χ1v) is 15.4. The number of methoxy groups -OCH3 is 1. The normalized spacial score (nSPS) is 12.7. The molecule has 46 heavy (non-hydrogen) atoms. The number of unbranched alkanes of at least 4 members (excludes halogenated alkanes) is 2. The minimum Gasteiger partial charge on any atom is -0.507 e. The minimum absolute atomic E-state index is 0.0221. The van der Waals surface area contributed by atoms with E-state index in [2.05, 4.69) is 15.6 Å². The number of anilines is 1. The van der Waals surface area contributed by atoms with Crippen molar-refractivity contribution in [1.29, 1.82) is 0 Å². The molecule has 11 nitrogen and oxygen atoms in total. The Labute approximate surface area is 266 Å². The molecule has 0 unspecified atom stereocenters. The van der Waals surface area contributed by atoms with Crippen LogP contribution in [0.5, 0.6) is 11.5 Å². The molecule has 0 saturated heterocycles. The van der Waals surface area contributed by atoms with Gasteiger partial charge in [-0.3, -0.25) is 14.9 Å². The van der Waals surface area contributed by atoms with Crippen LogP contribution in [0.1, 0.15) is 66.1 Å². The number of carbonyl (C=O) groups excluding carboxylic acids is 2. The Morgan fingerprint density at radius 3 is 2.65 bits per heavy atom. The van der Waals surface area contributed by atoms with E-state index in [9.17, 15) is 24.8 Å². The predicted molar refractivity (Wildman–Crippen MR) is 176 cm³/mol. The van der Waals surface area contributed by atoms with E-state index in [1.54, 1.807) is 12.1 Å². The lowest BCUT2D eigenvalue weighted by Crippen LogP contribution is -2.24. The fourth-order valence-electron chi connectivity index (χ4n) is 5.93. The number of nitrogens with zero attached hydrogens (tertiary/aromatic N) is 2. The molecule has 0 spiro atoms. The Hall–Kier alpha value is -5.19. The van der Waals surface area contributed by atoms with E-state index in [1.165, 1.54) is 13.2 Å². The molecule has 1 aliphatic heterocycles. The van der Waals surface area contributed by atoms with Crippen LogP contribution in [-0.4, -0.2) is 47.1 Å². The van der Waals surface area contributed by atoms with Crippen LogP contribution in [0.2, 0.25) is 0 Å². The molecule has 11 heteroatoms. The van der Waals surface area contributed by atoms with Crippen molar-refractivity contribution < 1.29 is 29.1 Å². The van der Waals surface area contributed by atoms with E-state index >= 15 is 0 Å². The maximum absolute atomic E-state index is 12.5. The van der Waals surface area contributed by atoms with E-state index in [0.29, 0.717) is 65.8 Å². The number of allylic oxidation sites excluding steroid dienone is 2. The molecular weight excluding hydrogens is 588 g/mol. The first-order valence-electron chi connectivity index (χ1n) is 15.4. The number of para-hydroxylation sites is 1. The molecule has 0 radical (unpaired) electrons. The maximum atomic E-state index is 12.5. The van der Waals surface area contributed by atoms with Crippen molar-refractivity contribution in [1.82, 2.24) is 10.3 Å². The monoisotopic (exact) mass is 626 g/mol. The van der Waals surface area contributed by atoms with Crippen LogP contribution >= 0.6 is 0 Å². The summed E-state index contributed by atoms with van der Waals surface area (Å²) in [5, 5.41) is 30.3. The van der Waals surface area contributed by atoms with E-state index in [1.807, 2.05) is 44.2 Å². The van der Waals surface area contributed by atoms with Gasteiger partial charge in [0.1, 0.15) is 29.1 Å². The van der Waals surface area contributed by atoms with Crippen LogP contribution in [-0.2, 0) is 22.6 Å². The number of carbonyl (C=O) groups is 2. The molecule has 4 aromatic rings. The Kier molecular flexibility index (Phi) is 10.00. The fraction of sp³-hybridized carbons (Fsp3) is 0.343. The van der Waals surface area contributed by atoms with Gasteiger partial charge in [-0.05, 0) is 63.6 Å². The van der Waals surface area contributed by atoms with Crippen molar-refractivity contribution in [3.8, 4) is 11.5 Å². The number of nitro groups is 1. The zero-order chi connectivity index (χ0) is 32.8. The van der Waals surface area contributed by atoms with Gasteiger partial charge < -0.3 is 25.2 Å². The summed E-state index contributed by atoms with van der Waals surface area (Å²) in [6.07, 6.45) is 5.69. The number of phenols is 1. The second kappa shape index (κ2) is 14.3. The number of esters is 1. The molecule has 0 aliphatic carbocycles. The number of nitrogens with one attached hydrogen (secondary N) is 2. The number of cyclic esters (lactones) is 1. The number of phenolic OH excluding ortho intramolecular Hbond substituents is 1. The van der Waals surface area contributed by atoms with E-state index in [4.69, 9.17) is 9.47 Å². The van der Waals surface area contributed by atoms with Crippen LogP contribution in [0.4, 0.5) is 11.4 Å². The average Bonchev–Trinajstić information content (AvgIpc) is 3.45. The summed E-state index contributed by atoms with van der Waals surface area (Å²) in [6.45, 7) is 5.08. The summed E-state index contributed by atoms with van der Waals surface area (Å²) in [6, 6.07) is 12.5. The summed E-state index contributed by atoms with van der Waals surface area (Å²) < 4.78 is 10.7. The van der Waals surface area contributed by atoms with Gasteiger partial charge in [0, 0.05) is 42.1 Å². The van der Waals surface area contributed by atoms with Crippen molar-refractivity contribution in [2.75, 3.05) is 25.5 Å². The lowest BCUT2D eigenvalue weighted by Gasteiger charge is -2.15. The zero-order valence-electron chi connectivity index (χ0n) is 26.3. The van der Waals surface area contributed by atoms with Crippen molar-refractivity contribution >= 4 is 45.1 Å². The maximum Gasteiger partial charge on any atom is 0.342 e. The molecule has 3 N–H and O–H groups in total. The number of non-ortho nitro benzene ring substituents is 1. The first-order chi connectivity index (χ1) is 22.2. The third-order valence-corrected chi connectivity index (χ3v) is 8.41. The van der Waals surface area contributed by atoms with Crippen LogP contribution in [0.25, 0.3) is 21.8 Å². The van der Waals surface area contributed by atoms with Crippen LogP contribution in [0.15, 0.2) is 54.1 Å². The lowest BCUT2D eigenvalue weighted by molar-refractivity contribution is -0.383. The zero-order valence-corrected chi connectivity index (χ0v) is 26.3. The molecule has 240 valence electrons. The van der Waals surface area contributed by atoms with Crippen LogP contribution in [0.3, 0.4) is 0 Å². The second-order valence-electron chi connectivity index (χ2n) is 11.4. The largest absolute Gasteiger partial charge is 0.507 e. The Morgan fingerprint density at radius 2 is 1.87 bits per heavy atom. The summed E-state index contributed by atoms with van der Waals surface area (Å²) in [4.78, 5) is 40.6. The number of aromatic hydroxyl groups is 1. The third-order valence-electron chi connectivity index (χ3n) is 8.41. The number of nitro benzene ring substituents is 1. The van der Waals surface area contributed by atoms with Crippen LogP contribution < -0.4 is 15.4 Å². The van der Waals surface area contributed by atoms with Gasteiger partial charge in [0.2, 0.25) is 5.91 Å². The molecule has 0 saturated carbocycles. The highest BCUT2D eigenvalue weighted by molar-refractivity contribution is 6.11. The molecule has 2 heterocycles. The number of ether oxygens (including phenoxy) is 2. The van der Waals surface area contributed by atoms with E-state index in [-0.39, 0.29) is 34.4 Å². The second-order valence-corrected chi connectivity index (χ2v) is 11.4. The first kappa shape index (κ1) is 32.2. The predicted octanol–water partition coefficient (Wildman–Crippen LogP) is 6.66. The number of hydrogen-bond donors (Lipinski definition) is 3. The van der Waals surface area contributed by atoms with Gasteiger partial charge in [0.25, 0.3) is 5.69 Å². The molecule has 1 amide bonds. The Balaban J connectivity index is 1.08. The van der Waals surface area contributed by atoms with Gasteiger partial charge in [-0.2, -0.15) is 0 Å². The number of aromatic nitrogens is 1. The molecule has 0 fully saturated rings. The SMILES string of the molecule is COc1c(C)c2c(c(O)c1C/C=C(\C)CCC(=O)NCCCCCNc1c3ccccc3nc3cccc([N+](=O)[O-])c13)C(=O)OC2. The van der Waals surface area contributed by atoms with Crippen molar-refractivity contribution in [3.05, 3.63) is 86.5 Å². The number of hydrogen-bond acceptors (Lipinski definition) is 9. The van der Waals surface area contributed by atoms with Crippen molar-refractivity contribution in [3.63, 3.8) is 0 Å². The highest BCUT2D eigenvalue weighted by atomic mass is 16.6. The highest BCUT2D eigenvalue weighted by Gasteiger charge is 2.31. The lowest BCUT2D eigenvalue weighted by atomic mass is 9.94. The quantitative estimate of drug-likeness (QED) is 0.0348. The standard InChI is InChI=1S/C35H38N4O7/c1-21(14-16-24-33(41)30-25(20-46-35(30)42)22(2)34(24)45-3)15-17-29(40)36-18-7-4-8-19-37-32-23-10-5-6-11-26(23)38-27-12-9-13-28(31(27)32)39(43)44/h5-6,9-14,41H,4,7-8,15-20H2,1-3H3,(H,36,40)(H,37,38)/b21-14+. The summed E-state index contributed by atoms with van der Waals surface area (Å²) >= 11 is 0. The van der Waals surface area contributed by atoms with Gasteiger partial charge >= 0.3 is 5.97 Å². The van der Waals surface area contributed by atoms with Crippen molar-refractivity contribution in [2.45, 2.75) is 59.0 Å². The Bertz CT molecular complexity index is 1850. The van der Waals surface area contributed by atoms with Crippen LogP contribution in [0, 0.1) is 17.0 Å². The van der Waals surface area contributed by atoms with Crippen molar-refractivity contribution in [2.24, 2.45) is 0 Å². The molecule has 0 atom stereocenters. The smallest absolute Gasteiger partial charge is 0.342 e. The average molecular weight is 627 g/mol. The topological polar surface area (TPSA) is 153 Å². The summed E-state index contributed by atoms with van der Waals surface area (Å²) in [5.74, 6) is -0.143. The molecule has 5 rings (SSSR count).